The number of fused-ring (bicyclic) bond motifs is 21. The van der Waals surface area contributed by atoms with E-state index < -0.39 is 0 Å². The predicted molar refractivity (Wildman–Crippen MR) is 433 cm³/mol. The molecule has 0 bridgehead atoms. The molecule has 3 aromatic heterocycles. The van der Waals surface area contributed by atoms with Crippen molar-refractivity contribution in [3.63, 3.8) is 0 Å². The highest BCUT2D eigenvalue weighted by Crippen LogP contribution is 2.51. The Balaban J connectivity index is 0.749. The van der Waals surface area contributed by atoms with E-state index in [2.05, 4.69) is 297 Å². The van der Waals surface area contributed by atoms with Crippen LogP contribution in [0.2, 0.25) is 0 Å². The summed E-state index contributed by atoms with van der Waals surface area (Å²) in [6.45, 7) is 19.5. The largest absolute Gasteiger partial charge is 0.458 e. The van der Waals surface area contributed by atoms with E-state index in [4.69, 9.17) is 32.2 Å². The summed E-state index contributed by atoms with van der Waals surface area (Å²) in [6.07, 6.45) is 2.17. The van der Waals surface area contributed by atoms with Gasteiger partial charge in [-0.2, -0.15) is 0 Å². The van der Waals surface area contributed by atoms with Gasteiger partial charge in [-0.3, -0.25) is 4.31 Å². The van der Waals surface area contributed by atoms with Crippen LogP contribution in [0.25, 0.3) is 99.2 Å². The van der Waals surface area contributed by atoms with Gasteiger partial charge in [-0.15, -0.1) is 0 Å². The molecule has 104 heavy (non-hydrogen) atoms. The first-order chi connectivity index (χ1) is 50.4. The van der Waals surface area contributed by atoms with Crippen LogP contribution in [0.1, 0.15) is 79.0 Å². The molecule has 0 aliphatic carbocycles. The van der Waals surface area contributed by atoms with E-state index in [1.807, 2.05) is 0 Å². The van der Waals surface area contributed by atoms with E-state index in [1.165, 1.54) is 11.1 Å². The second kappa shape index (κ2) is 20.9. The van der Waals surface area contributed by atoms with Crippen LogP contribution in [-0.2, 0) is 16.2 Å². The molecule has 0 radical (unpaired) electrons. The van der Waals surface area contributed by atoms with Gasteiger partial charge in [-0.25, -0.2) is 0 Å². The number of anilines is 4. The maximum atomic E-state index is 7.63. The lowest BCUT2D eigenvalue weighted by atomic mass is 9.30. The molecule has 498 valence electrons. The Morgan fingerprint density at radius 1 is 0.298 bits per heavy atom. The van der Waals surface area contributed by atoms with Crippen molar-refractivity contribution in [3.8, 4) is 79.4 Å². The van der Waals surface area contributed by atoms with Gasteiger partial charge in [0.15, 0.2) is 0 Å². The van der Waals surface area contributed by atoms with Crippen molar-refractivity contribution in [1.82, 2.24) is 0 Å². The van der Waals surface area contributed by atoms with Gasteiger partial charge in [-0.05, 0) is 137 Å². The van der Waals surface area contributed by atoms with Crippen LogP contribution in [0, 0.1) is 0 Å². The lowest BCUT2D eigenvalue weighted by molar-refractivity contribution is 0.465. The molecular formula is C91H67B3N2O7S. The molecule has 0 unspecified atom stereocenters. The molecule has 6 aliphatic rings. The molecule has 22 rings (SSSR count). The van der Waals surface area contributed by atoms with Crippen LogP contribution in [0.5, 0.6) is 46.0 Å². The summed E-state index contributed by atoms with van der Waals surface area (Å²) in [7, 11) is 0. The van der Waals surface area contributed by atoms with E-state index in [0.717, 1.165) is 223 Å². The minimum atomic E-state index is -0.334. The van der Waals surface area contributed by atoms with Crippen molar-refractivity contribution in [3.05, 3.63) is 235 Å². The predicted octanol–water partition coefficient (Wildman–Crippen LogP) is 19.0. The summed E-state index contributed by atoms with van der Waals surface area (Å²) >= 11 is 1.69. The van der Waals surface area contributed by atoms with E-state index in [-0.39, 0.29) is 36.4 Å². The molecule has 16 aromatic rings. The van der Waals surface area contributed by atoms with Crippen molar-refractivity contribution >= 4 is 170 Å². The van der Waals surface area contributed by atoms with Crippen molar-refractivity contribution in [2.24, 2.45) is 0 Å². The second-order valence-corrected chi connectivity index (χ2v) is 32.9. The summed E-state index contributed by atoms with van der Waals surface area (Å²) in [4.78, 5) is 0. The third-order valence-corrected chi connectivity index (χ3v) is 23.7. The Morgan fingerprint density at radius 3 is 1.16 bits per heavy atom. The van der Waals surface area contributed by atoms with Gasteiger partial charge in [0.1, 0.15) is 79.5 Å². The molecule has 0 saturated carbocycles. The van der Waals surface area contributed by atoms with E-state index >= 15 is 0 Å². The number of rotatable bonds is 4. The molecule has 13 heteroatoms. The molecule has 0 saturated heterocycles. The summed E-state index contributed by atoms with van der Waals surface area (Å²) in [5.74, 6) is 6.27. The maximum absolute atomic E-state index is 7.63. The fraction of sp³-hybridized carbons (Fsp3) is 0.143. The van der Waals surface area contributed by atoms with Crippen molar-refractivity contribution in [2.75, 3.05) is 15.9 Å². The molecular weight excluding hydrogens is 1300 g/mol. The van der Waals surface area contributed by atoms with E-state index in [0.29, 0.717) is 0 Å². The Morgan fingerprint density at radius 2 is 0.683 bits per heavy atom. The zero-order valence-electron chi connectivity index (χ0n) is 59.2. The lowest BCUT2D eigenvalue weighted by Crippen LogP contribution is -2.64. The monoisotopic (exact) mass is 1360 g/mol. The van der Waals surface area contributed by atoms with Gasteiger partial charge >= 0.3 is 0 Å². The number of hydrogen-bond donors (Lipinski definition) is 1. The van der Waals surface area contributed by atoms with Crippen LogP contribution in [0.3, 0.4) is 0 Å². The number of para-hydroxylation sites is 8. The highest BCUT2D eigenvalue weighted by molar-refractivity contribution is 8.00. The number of benzene rings is 13. The molecule has 13 aromatic carbocycles. The molecule has 9 nitrogen and oxygen atoms in total. The standard InChI is InChI=1S/C91H67B3N2O7S/c1-89(2,3)59-30-18-27-56-53-24-15-21-50(83(53)101-86(56)59)47-37-69-80-76(39-47)97-72-35-13-11-33-62(72)92(80)64-43-66-74(45-68(64)95-69)99-78-41-49(52-23-17-26-55-58-29-20-32-61(91(7,8)9)88(58)103-85(52)55)42-79-82(78)94(66)67-44-65-70(46-75(67)100-79)96(104-10)71-38-48(40-77-81(71)93(65)63-34-12-14-36-73(63)98-77)51-22-16-25-54-57-28-19-31-60(90(4,5)6)87(57)102-84(51)54/h11-46,95H,1-10H3. The SMILES string of the molecule is CSN1c2cc3c(cc2B2c4ccccc4Oc4cc(-c5cccc6c5oc5c(C(C)(C)C)cccc56)cc1c42)B1c2cc4c(cc2Oc2cc(-c5cccc6c5oc5c(C(C)(C)C)cccc56)cc(c21)O3)Nc1cc(-c2cccc3c2oc2c(C(C)(C)C)cccc23)cc2c1B4c1ccccc1O2. The normalized spacial score (nSPS) is 14.2. The van der Waals surface area contributed by atoms with E-state index in [9.17, 15) is 0 Å². The topological polar surface area (TPSA) is 91.6 Å². The van der Waals surface area contributed by atoms with Crippen molar-refractivity contribution in [2.45, 2.75) is 78.6 Å². The van der Waals surface area contributed by atoms with Gasteiger partial charge in [0.25, 0.3) is 20.1 Å². The minimum Gasteiger partial charge on any atom is -0.458 e. The van der Waals surface area contributed by atoms with Gasteiger partial charge in [0, 0.05) is 101 Å². The molecule has 6 aliphatic heterocycles. The number of furan rings is 3. The molecule has 0 atom stereocenters. The molecule has 0 spiro atoms. The Kier molecular flexibility index (Phi) is 12.1. The third kappa shape index (κ3) is 8.38. The minimum absolute atomic E-state index is 0.120. The van der Waals surface area contributed by atoms with Crippen LogP contribution in [0.15, 0.2) is 232 Å². The van der Waals surface area contributed by atoms with Crippen LogP contribution >= 0.6 is 11.9 Å². The average molecular weight is 1370 g/mol. The summed E-state index contributed by atoms with van der Waals surface area (Å²) in [5.41, 5.74) is 28.1. The zero-order chi connectivity index (χ0) is 69.9. The summed E-state index contributed by atoms with van der Waals surface area (Å²) in [6, 6.07) is 79.2. The Hall–Kier alpha value is -11.4. The van der Waals surface area contributed by atoms with Gasteiger partial charge in [-0.1, -0.05) is 220 Å². The Labute approximate surface area is 607 Å². The maximum Gasteiger partial charge on any atom is 0.260 e. The fourth-order valence-electron chi connectivity index (χ4n) is 18.3. The number of hydrogen-bond acceptors (Lipinski definition) is 10. The van der Waals surface area contributed by atoms with Crippen LogP contribution in [-0.4, -0.2) is 26.4 Å². The summed E-state index contributed by atoms with van der Waals surface area (Å²) < 4.78 is 53.1. The van der Waals surface area contributed by atoms with Gasteiger partial charge in [0.05, 0.1) is 11.4 Å². The number of nitrogens with zero attached hydrogens (tertiary/aromatic N) is 1. The molecule has 0 amide bonds. The Bertz CT molecular complexity index is 6580. The second-order valence-electron chi connectivity index (χ2n) is 32.2. The number of ether oxygens (including phenoxy) is 4. The zero-order valence-corrected chi connectivity index (χ0v) is 60.0. The number of nitrogens with one attached hydrogen (secondary N) is 1. The summed E-state index contributed by atoms with van der Waals surface area (Å²) in [5, 5.41) is 10.6. The molecule has 9 heterocycles. The lowest BCUT2D eigenvalue weighted by Gasteiger charge is -2.41. The first-order valence-corrected chi connectivity index (χ1v) is 37.3. The highest BCUT2D eigenvalue weighted by Gasteiger charge is 2.49. The van der Waals surface area contributed by atoms with E-state index in [1.54, 1.807) is 11.9 Å². The average Bonchev–Trinajstić information content (AvgIpc) is 0.744. The van der Waals surface area contributed by atoms with Crippen molar-refractivity contribution < 1.29 is 32.2 Å². The van der Waals surface area contributed by atoms with Gasteiger partial charge < -0.3 is 37.5 Å². The van der Waals surface area contributed by atoms with Crippen LogP contribution in [0.4, 0.5) is 22.7 Å². The third-order valence-electron chi connectivity index (χ3n) is 23.0. The molecule has 0 fully saturated rings. The first-order valence-electron chi connectivity index (χ1n) is 36.1. The smallest absolute Gasteiger partial charge is 0.260 e. The highest BCUT2D eigenvalue weighted by atomic mass is 32.2. The van der Waals surface area contributed by atoms with Gasteiger partial charge in [0.2, 0.25) is 0 Å². The fourth-order valence-corrected chi connectivity index (χ4v) is 19.0. The first kappa shape index (κ1) is 60.2. The van der Waals surface area contributed by atoms with Crippen molar-refractivity contribution in [1.29, 1.82) is 0 Å². The quantitative estimate of drug-likeness (QED) is 0.136. The molecule has 1 N–H and O–H groups in total. The van der Waals surface area contributed by atoms with Crippen LogP contribution < -0.4 is 77.7 Å².